The molecule has 0 aromatic rings. The quantitative estimate of drug-likeness (QED) is 0.0931. The fourth-order valence-electron chi connectivity index (χ4n) is 5.35. The van der Waals surface area contributed by atoms with Crippen LogP contribution < -0.4 is 34.0 Å². The van der Waals surface area contributed by atoms with E-state index in [9.17, 15) is 35.4 Å². The molecule has 17 heteroatoms. The van der Waals surface area contributed by atoms with E-state index in [4.69, 9.17) is 47.6 Å². The number of unbranched alkanes of at least 4 members (excludes halogenated alkanes) is 1. The summed E-state index contributed by atoms with van der Waals surface area (Å²) in [6, 6.07) is -4.63. The molecule has 1 saturated carbocycles. The van der Waals surface area contributed by atoms with Crippen LogP contribution in [0.3, 0.4) is 0 Å². The summed E-state index contributed by atoms with van der Waals surface area (Å²) in [5.41, 5.74) is 29.5. The summed E-state index contributed by atoms with van der Waals surface area (Å²) in [7, 11) is 0. The van der Waals surface area contributed by atoms with E-state index in [1.807, 2.05) is 0 Å². The lowest BCUT2D eigenvalue weighted by Gasteiger charge is -2.50. The average Bonchev–Trinajstić information content (AvgIpc) is 2.96. The number of hydrogen-bond donors (Lipinski definition) is 12. The maximum atomic E-state index is 12.8. The van der Waals surface area contributed by atoms with Gasteiger partial charge >= 0.3 is 0 Å². The van der Waals surface area contributed by atoms with E-state index in [1.54, 1.807) is 0 Å². The molecule has 9 unspecified atom stereocenters. The first-order valence-electron chi connectivity index (χ1n) is 14.0. The minimum Gasteiger partial charge on any atom is -0.394 e. The van der Waals surface area contributed by atoms with Gasteiger partial charge in [0.15, 0.2) is 12.6 Å². The summed E-state index contributed by atoms with van der Waals surface area (Å²) < 4.78 is 23.1. The smallest absolute Gasteiger partial charge is 0.249 e. The Kier molecular flexibility index (Phi) is 13.0. The zero-order valence-corrected chi connectivity index (χ0v) is 22.9. The van der Waals surface area contributed by atoms with Gasteiger partial charge in [-0.05, 0) is 38.6 Å². The fraction of sp³-hybridized carbons (Fsp3) is 0.958. The van der Waals surface area contributed by atoms with Crippen LogP contribution in [-0.4, -0.2) is 148 Å². The lowest BCUT2D eigenvalue weighted by atomic mass is 9.81. The van der Waals surface area contributed by atoms with Gasteiger partial charge in [0, 0.05) is 6.54 Å². The van der Waals surface area contributed by atoms with Crippen LogP contribution in [0, 0.1) is 0 Å². The number of ether oxygens (including phenoxy) is 4. The summed E-state index contributed by atoms with van der Waals surface area (Å²) in [4.78, 5) is 12.8. The molecular formula is C24H48N6O11. The van der Waals surface area contributed by atoms with Crippen LogP contribution >= 0.6 is 0 Å². The van der Waals surface area contributed by atoms with Crippen molar-refractivity contribution >= 4 is 5.91 Å². The first kappa shape index (κ1) is 34.4. The molecule has 0 aromatic carbocycles. The van der Waals surface area contributed by atoms with Crippen molar-refractivity contribution in [2.24, 2.45) is 28.7 Å². The molecule has 0 bridgehead atoms. The van der Waals surface area contributed by atoms with Crippen molar-refractivity contribution in [2.75, 3.05) is 19.7 Å². The van der Waals surface area contributed by atoms with Crippen molar-refractivity contribution in [3.63, 3.8) is 0 Å². The Morgan fingerprint density at radius 3 is 2.20 bits per heavy atom. The topological polar surface area (TPSA) is 317 Å². The number of aliphatic hydroxyl groups is 6. The third-order valence-electron chi connectivity index (χ3n) is 7.99. The highest BCUT2D eigenvalue weighted by atomic mass is 16.7. The molecule has 240 valence electrons. The Hall–Kier alpha value is -1.13. The van der Waals surface area contributed by atoms with Gasteiger partial charge in [0.05, 0.1) is 43.0 Å². The van der Waals surface area contributed by atoms with Crippen molar-refractivity contribution in [1.29, 1.82) is 0 Å². The number of amides is 1. The Morgan fingerprint density at radius 1 is 0.878 bits per heavy atom. The number of nitrogens with one attached hydrogen (secondary N) is 1. The third kappa shape index (κ3) is 8.08. The van der Waals surface area contributed by atoms with Crippen molar-refractivity contribution in [1.82, 2.24) is 5.32 Å². The van der Waals surface area contributed by atoms with E-state index in [0.29, 0.717) is 32.2 Å². The maximum Gasteiger partial charge on any atom is 0.249 e. The van der Waals surface area contributed by atoms with E-state index in [-0.39, 0.29) is 19.1 Å². The Bertz CT molecular complexity index is 818. The summed E-state index contributed by atoms with van der Waals surface area (Å²) in [6.07, 6.45) is -12.7. The highest BCUT2D eigenvalue weighted by Crippen LogP contribution is 2.32. The normalized spacial score (nSPS) is 44.4. The van der Waals surface area contributed by atoms with Gasteiger partial charge in [-0.2, -0.15) is 0 Å². The molecule has 1 aliphatic carbocycles. The maximum absolute atomic E-state index is 12.8. The van der Waals surface area contributed by atoms with Gasteiger partial charge < -0.3 is 83.6 Å². The number of aliphatic hydroxyl groups excluding tert-OH is 6. The molecule has 0 aromatic heterocycles. The summed E-state index contributed by atoms with van der Waals surface area (Å²) in [6.45, 7) is -0.0803. The molecule has 3 aliphatic rings. The highest BCUT2D eigenvalue weighted by molar-refractivity contribution is 5.80. The molecule has 3 rings (SSSR count). The molecule has 17 N–H and O–H groups in total. The van der Waals surface area contributed by atoms with Crippen LogP contribution in [0.1, 0.15) is 32.1 Å². The fourth-order valence-corrected chi connectivity index (χ4v) is 5.35. The first-order chi connectivity index (χ1) is 19.4. The Morgan fingerprint density at radius 2 is 1.56 bits per heavy atom. The second-order valence-corrected chi connectivity index (χ2v) is 11.0. The molecule has 17 nitrogen and oxygen atoms in total. The van der Waals surface area contributed by atoms with E-state index in [1.165, 1.54) is 0 Å². The average molecular weight is 597 g/mol. The van der Waals surface area contributed by atoms with Gasteiger partial charge in [0.25, 0.3) is 0 Å². The lowest BCUT2D eigenvalue weighted by Crippen LogP contribution is -2.74. The summed E-state index contributed by atoms with van der Waals surface area (Å²) in [5, 5.41) is 65.9. The molecular weight excluding hydrogens is 548 g/mol. The zero-order chi connectivity index (χ0) is 30.4. The Labute approximate surface area is 238 Å². The van der Waals surface area contributed by atoms with Crippen LogP contribution in [0.15, 0.2) is 0 Å². The minimum absolute atomic E-state index is 0.0896. The Balaban J connectivity index is 1.86. The largest absolute Gasteiger partial charge is 0.394 e. The standard InChI is InChI=1S/C24H48N6O11/c25-6-2-1-3-11(32)22(37)30-15-17(34)14(29)20(40-23-10(27)5-4-9(7-26)38-23)19(36)21(15)41-24-18(35)13(28)16(33)12(8-31)39-24/h9-21,23-24,31-36H,1-8,25-29H2,(H,30,37)/t9?,10?,11-,12?,13?,14-,15?,16+,17?,18?,19?,20?,21-,23+,24+/m0/s1. The second kappa shape index (κ2) is 15.6. The van der Waals surface area contributed by atoms with Gasteiger partial charge in [-0.15, -0.1) is 0 Å². The van der Waals surface area contributed by atoms with E-state index in [0.717, 1.165) is 0 Å². The van der Waals surface area contributed by atoms with Gasteiger partial charge in [-0.1, -0.05) is 0 Å². The SMILES string of the molecule is NCCCC[C@H](O)C(=O)NC1C(O)[C@H](N)C(O[C@H]2OC(CN)CCC2N)C(O)[C@H]1O[C@H]1OC(CO)[C@@H](O)C(N)C1O. The number of hydrogen-bond acceptors (Lipinski definition) is 16. The van der Waals surface area contributed by atoms with Crippen LogP contribution in [0.25, 0.3) is 0 Å². The predicted molar refractivity (Wildman–Crippen MR) is 141 cm³/mol. The van der Waals surface area contributed by atoms with Crippen LogP contribution in [0.2, 0.25) is 0 Å². The number of carbonyl (C=O) groups excluding carboxylic acids is 1. The van der Waals surface area contributed by atoms with Gasteiger partial charge in [0.2, 0.25) is 5.91 Å². The predicted octanol–water partition coefficient (Wildman–Crippen LogP) is -6.65. The zero-order valence-electron chi connectivity index (χ0n) is 22.9. The molecule has 1 amide bonds. The van der Waals surface area contributed by atoms with Crippen LogP contribution in [0.4, 0.5) is 0 Å². The van der Waals surface area contributed by atoms with Crippen molar-refractivity contribution in [3.05, 3.63) is 0 Å². The molecule has 2 aliphatic heterocycles. The lowest BCUT2D eigenvalue weighted by molar-refractivity contribution is -0.319. The molecule has 0 radical (unpaired) electrons. The number of rotatable bonds is 12. The van der Waals surface area contributed by atoms with Crippen LogP contribution in [-0.2, 0) is 23.7 Å². The second-order valence-electron chi connectivity index (χ2n) is 11.0. The minimum atomic E-state index is -1.67. The molecule has 2 saturated heterocycles. The van der Waals surface area contributed by atoms with Crippen molar-refractivity contribution in [2.45, 2.75) is 124 Å². The van der Waals surface area contributed by atoms with Crippen LogP contribution in [0.5, 0.6) is 0 Å². The van der Waals surface area contributed by atoms with Crippen molar-refractivity contribution < 1.29 is 54.4 Å². The third-order valence-corrected chi connectivity index (χ3v) is 7.99. The van der Waals surface area contributed by atoms with Gasteiger partial charge in [-0.3, -0.25) is 4.79 Å². The van der Waals surface area contributed by atoms with E-state index in [2.05, 4.69) is 5.32 Å². The molecule has 2 heterocycles. The summed E-state index contributed by atoms with van der Waals surface area (Å²) in [5.74, 6) is -0.868. The van der Waals surface area contributed by atoms with Gasteiger partial charge in [0.1, 0.15) is 42.7 Å². The monoisotopic (exact) mass is 596 g/mol. The molecule has 0 spiro atoms. The first-order valence-corrected chi connectivity index (χ1v) is 14.0. The summed E-state index contributed by atoms with van der Waals surface area (Å²) >= 11 is 0. The van der Waals surface area contributed by atoms with E-state index >= 15 is 0 Å². The van der Waals surface area contributed by atoms with Gasteiger partial charge in [-0.25, -0.2) is 0 Å². The number of nitrogens with two attached hydrogens (primary N) is 5. The molecule has 3 fully saturated rings. The molecule has 41 heavy (non-hydrogen) atoms. The van der Waals surface area contributed by atoms with E-state index < -0.39 is 98.1 Å². The number of carbonyl (C=O) groups is 1. The van der Waals surface area contributed by atoms with Crippen molar-refractivity contribution in [3.8, 4) is 0 Å². The highest BCUT2D eigenvalue weighted by Gasteiger charge is 2.54. The molecule has 15 atom stereocenters.